The first kappa shape index (κ1) is 12.8. The lowest BCUT2D eigenvalue weighted by Gasteiger charge is -2.20. The number of benzene rings is 1. The first-order valence-electron chi connectivity index (χ1n) is 5.84. The Hall–Kier alpha value is -1.63. The monoisotopic (exact) mass is 250 g/mol. The van der Waals surface area contributed by atoms with E-state index in [1.54, 1.807) is 0 Å². The number of oxazole rings is 1. The van der Waals surface area contributed by atoms with Gasteiger partial charge in [-0.1, -0.05) is 6.07 Å². The Bertz CT molecular complexity index is 575. The molecular weight excluding hydrogens is 232 g/mol. The van der Waals surface area contributed by atoms with Crippen molar-refractivity contribution in [3.05, 3.63) is 34.3 Å². The van der Waals surface area contributed by atoms with Gasteiger partial charge in [0.2, 0.25) is 0 Å². The summed E-state index contributed by atoms with van der Waals surface area (Å²) in [7, 11) is 1.98. The third kappa shape index (κ3) is 2.98. The van der Waals surface area contributed by atoms with Gasteiger partial charge in [0.05, 0.1) is 5.52 Å². The van der Waals surface area contributed by atoms with Crippen molar-refractivity contribution in [1.29, 1.82) is 0 Å². The van der Waals surface area contributed by atoms with Gasteiger partial charge in [0.25, 0.3) is 0 Å². The standard InChI is InChI=1S/C12H18N4O2/c1-16(7-9(14)5-13)6-8-2-3-10-11(4-8)18-12(17)15-10/h2-4,9H,5-7,13-14H2,1H3,(H,15,17). The van der Waals surface area contributed by atoms with Crippen LogP contribution in [0.15, 0.2) is 27.4 Å². The van der Waals surface area contributed by atoms with E-state index in [-0.39, 0.29) is 6.04 Å². The van der Waals surface area contributed by atoms with Gasteiger partial charge >= 0.3 is 5.76 Å². The van der Waals surface area contributed by atoms with Gasteiger partial charge < -0.3 is 20.8 Å². The summed E-state index contributed by atoms with van der Waals surface area (Å²) in [4.78, 5) is 15.7. The Balaban J connectivity index is 2.09. The predicted molar refractivity (Wildman–Crippen MR) is 70.2 cm³/mol. The number of fused-ring (bicyclic) bond motifs is 1. The SMILES string of the molecule is CN(Cc1ccc2[nH]c(=O)oc2c1)CC(N)CN. The molecule has 0 saturated carbocycles. The molecule has 0 aliphatic carbocycles. The molecule has 5 N–H and O–H groups in total. The zero-order valence-electron chi connectivity index (χ0n) is 10.3. The molecule has 0 radical (unpaired) electrons. The summed E-state index contributed by atoms with van der Waals surface area (Å²) in [5, 5.41) is 0. The van der Waals surface area contributed by atoms with Gasteiger partial charge in [0.1, 0.15) is 0 Å². The molecule has 0 bridgehead atoms. The van der Waals surface area contributed by atoms with E-state index in [2.05, 4.69) is 9.88 Å². The molecule has 1 aromatic carbocycles. The Morgan fingerprint density at radius 3 is 3.00 bits per heavy atom. The number of hydrogen-bond acceptors (Lipinski definition) is 5. The Morgan fingerprint density at radius 1 is 1.50 bits per heavy atom. The van der Waals surface area contributed by atoms with E-state index in [0.29, 0.717) is 17.6 Å². The van der Waals surface area contributed by atoms with E-state index in [1.807, 2.05) is 25.2 Å². The smallest absolute Gasteiger partial charge is 0.408 e. The molecule has 2 aromatic rings. The third-order valence-electron chi connectivity index (χ3n) is 2.79. The molecule has 1 unspecified atom stereocenters. The Kier molecular flexibility index (Phi) is 3.81. The van der Waals surface area contributed by atoms with Crippen LogP contribution in [-0.2, 0) is 6.54 Å². The van der Waals surface area contributed by atoms with Crippen molar-refractivity contribution in [2.75, 3.05) is 20.1 Å². The maximum absolute atomic E-state index is 11.0. The molecular formula is C12H18N4O2. The molecule has 0 saturated heterocycles. The van der Waals surface area contributed by atoms with Gasteiger partial charge in [-0.05, 0) is 24.7 Å². The molecule has 0 aliphatic heterocycles. The van der Waals surface area contributed by atoms with Crippen LogP contribution >= 0.6 is 0 Å². The number of H-pyrrole nitrogens is 1. The minimum atomic E-state index is -0.430. The van der Waals surface area contributed by atoms with E-state index in [4.69, 9.17) is 15.9 Å². The number of nitrogens with two attached hydrogens (primary N) is 2. The summed E-state index contributed by atoms with van der Waals surface area (Å²) < 4.78 is 5.02. The van der Waals surface area contributed by atoms with E-state index in [1.165, 1.54) is 0 Å². The number of rotatable bonds is 5. The zero-order valence-corrected chi connectivity index (χ0v) is 10.3. The number of hydrogen-bond donors (Lipinski definition) is 3. The quantitative estimate of drug-likeness (QED) is 0.684. The minimum Gasteiger partial charge on any atom is -0.408 e. The molecule has 6 heteroatoms. The average Bonchev–Trinajstić information content (AvgIpc) is 2.68. The molecule has 6 nitrogen and oxygen atoms in total. The summed E-state index contributed by atoms with van der Waals surface area (Å²) >= 11 is 0. The van der Waals surface area contributed by atoms with Gasteiger partial charge in [-0.15, -0.1) is 0 Å². The fraction of sp³-hybridized carbons (Fsp3) is 0.417. The maximum atomic E-state index is 11.0. The zero-order chi connectivity index (χ0) is 13.1. The van der Waals surface area contributed by atoms with Gasteiger partial charge in [0, 0.05) is 25.7 Å². The second kappa shape index (κ2) is 5.34. The van der Waals surface area contributed by atoms with Crippen LogP contribution in [-0.4, -0.2) is 36.1 Å². The van der Waals surface area contributed by atoms with E-state index >= 15 is 0 Å². The molecule has 1 heterocycles. The summed E-state index contributed by atoms with van der Waals surface area (Å²) in [5.41, 5.74) is 13.6. The second-order valence-electron chi connectivity index (χ2n) is 4.54. The number of aromatic nitrogens is 1. The number of aromatic amines is 1. The topological polar surface area (TPSA) is 101 Å². The number of nitrogens with zero attached hydrogens (tertiary/aromatic N) is 1. The molecule has 0 amide bonds. The molecule has 1 atom stereocenters. The van der Waals surface area contributed by atoms with Crippen LogP contribution in [0, 0.1) is 0 Å². The fourth-order valence-corrected chi connectivity index (χ4v) is 1.94. The molecule has 1 aromatic heterocycles. The van der Waals surface area contributed by atoms with Gasteiger partial charge in [0.15, 0.2) is 5.58 Å². The van der Waals surface area contributed by atoms with Gasteiger partial charge in [-0.3, -0.25) is 4.98 Å². The van der Waals surface area contributed by atoms with Crippen LogP contribution in [0.1, 0.15) is 5.56 Å². The van der Waals surface area contributed by atoms with Crippen molar-refractivity contribution >= 4 is 11.1 Å². The lowest BCUT2D eigenvalue weighted by atomic mass is 10.2. The van der Waals surface area contributed by atoms with Crippen molar-refractivity contribution in [2.45, 2.75) is 12.6 Å². The van der Waals surface area contributed by atoms with Crippen LogP contribution < -0.4 is 17.2 Å². The lowest BCUT2D eigenvalue weighted by molar-refractivity contribution is 0.305. The van der Waals surface area contributed by atoms with E-state index in [0.717, 1.165) is 18.7 Å². The van der Waals surface area contributed by atoms with E-state index < -0.39 is 5.76 Å². The highest BCUT2D eigenvalue weighted by atomic mass is 16.4. The highest BCUT2D eigenvalue weighted by Crippen LogP contribution is 2.13. The molecule has 2 rings (SSSR count). The van der Waals surface area contributed by atoms with E-state index in [9.17, 15) is 4.79 Å². The van der Waals surface area contributed by atoms with Crippen LogP contribution in [0.5, 0.6) is 0 Å². The number of nitrogens with one attached hydrogen (secondary N) is 1. The lowest BCUT2D eigenvalue weighted by Crippen LogP contribution is -2.40. The average molecular weight is 250 g/mol. The first-order chi connectivity index (χ1) is 8.58. The molecule has 0 aliphatic rings. The van der Waals surface area contributed by atoms with Crippen molar-refractivity contribution < 1.29 is 4.42 Å². The van der Waals surface area contributed by atoms with Crippen LogP contribution in [0.2, 0.25) is 0 Å². The van der Waals surface area contributed by atoms with Crippen molar-refractivity contribution in [1.82, 2.24) is 9.88 Å². The molecule has 98 valence electrons. The second-order valence-corrected chi connectivity index (χ2v) is 4.54. The van der Waals surface area contributed by atoms with Crippen molar-refractivity contribution in [3.8, 4) is 0 Å². The summed E-state index contributed by atoms with van der Waals surface area (Å²) in [6.07, 6.45) is 0. The largest absolute Gasteiger partial charge is 0.417 e. The highest BCUT2D eigenvalue weighted by molar-refractivity contribution is 5.72. The normalized spacial score (nSPS) is 13.3. The fourth-order valence-electron chi connectivity index (χ4n) is 1.94. The van der Waals surface area contributed by atoms with Crippen LogP contribution in [0.4, 0.5) is 0 Å². The van der Waals surface area contributed by atoms with Gasteiger partial charge in [-0.2, -0.15) is 0 Å². The minimum absolute atomic E-state index is 0.0241. The van der Waals surface area contributed by atoms with Crippen LogP contribution in [0.3, 0.4) is 0 Å². The summed E-state index contributed by atoms with van der Waals surface area (Å²) in [5.74, 6) is -0.430. The Labute approximate surface area is 105 Å². The molecule has 0 spiro atoms. The molecule has 18 heavy (non-hydrogen) atoms. The van der Waals surface area contributed by atoms with Crippen molar-refractivity contribution in [3.63, 3.8) is 0 Å². The number of likely N-dealkylation sites (N-methyl/N-ethyl adjacent to an activating group) is 1. The summed E-state index contributed by atoms with van der Waals surface area (Å²) in [6, 6.07) is 5.63. The first-order valence-corrected chi connectivity index (χ1v) is 5.84. The third-order valence-corrected chi connectivity index (χ3v) is 2.79. The maximum Gasteiger partial charge on any atom is 0.417 e. The highest BCUT2D eigenvalue weighted by Gasteiger charge is 2.07. The Morgan fingerprint density at radius 2 is 2.28 bits per heavy atom. The predicted octanol–water partition coefficient (Wildman–Crippen LogP) is -0.161. The van der Waals surface area contributed by atoms with Gasteiger partial charge in [-0.25, -0.2) is 4.79 Å². The molecule has 0 fully saturated rings. The van der Waals surface area contributed by atoms with Crippen LogP contribution in [0.25, 0.3) is 11.1 Å². The summed E-state index contributed by atoms with van der Waals surface area (Å²) in [6.45, 7) is 1.93. The van der Waals surface area contributed by atoms with Crippen molar-refractivity contribution in [2.24, 2.45) is 11.5 Å².